The van der Waals surface area contributed by atoms with E-state index in [4.69, 9.17) is 9.72 Å². The van der Waals surface area contributed by atoms with Crippen LogP contribution in [0.25, 0.3) is 11.0 Å². The van der Waals surface area contributed by atoms with Crippen LogP contribution in [0.5, 0.6) is 0 Å². The molecule has 1 aliphatic rings. The number of nitrogens with zero attached hydrogens (tertiary/aromatic N) is 3. The SMILES string of the molecule is CCCC(=O)N1CCCC(CSc2nc3ccccc3n2CC(=O)OC(C)CC)C1. The highest BCUT2D eigenvalue weighted by atomic mass is 32.2. The molecule has 1 fully saturated rings. The monoisotopic (exact) mass is 431 g/mol. The first kappa shape index (κ1) is 22.7. The summed E-state index contributed by atoms with van der Waals surface area (Å²) in [6.45, 7) is 7.83. The second-order valence-corrected chi connectivity index (χ2v) is 9.07. The molecule has 1 saturated heterocycles. The molecule has 1 aromatic heterocycles. The molecule has 30 heavy (non-hydrogen) atoms. The number of ether oxygens (including phenoxy) is 1. The van der Waals surface area contributed by atoms with Gasteiger partial charge in [-0.1, -0.05) is 37.7 Å². The van der Waals surface area contributed by atoms with E-state index in [-0.39, 0.29) is 24.5 Å². The third kappa shape index (κ3) is 5.78. The molecule has 0 bridgehead atoms. The summed E-state index contributed by atoms with van der Waals surface area (Å²) in [7, 11) is 0. The van der Waals surface area contributed by atoms with Crippen LogP contribution in [0, 0.1) is 5.92 Å². The van der Waals surface area contributed by atoms with Gasteiger partial charge >= 0.3 is 5.97 Å². The number of piperidine rings is 1. The van der Waals surface area contributed by atoms with E-state index < -0.39 is 0 Å². The lowest BCUT2D eigenvalue weighted by molar-refractivity contribution is -0.149. The molecule has 7 heteroatoms. The summed E-state index contributed by atoms with van der Waals surface area (Å²) in [5.74, 6) is 1.38. The molecule has 0 saturated carbocycles. The van der Waals surface area contributed by atoms with Crippen molar-refractivity contribution >= 4 is 34.7 Å². The number of esters is 1. The zero-order valence-electron chi connectivity index (χ0n) is 18.3. The highest BCUT2D eigenvalue weighted by molar-refractivity contribution is 7.99. The predicted molar refractivity (Wildman–Crippen MR) is 121 cm³/mol. The summed E-state index contributed by atoms with van der Waals surface area (Å²) in [6, 6.07) is 7.90. The van der Waals surface area contributed by atoms with E-state index in [9.17, 15) is 9.59 Å². The molecular formula is C23H33N3O3S. The van der Waals surface area contributed by atoms with Crippen LogP contribution in [0.2, 0.25) is 0 Å². The Balaban J connectivity index is 1.69. The molecule has 3 rings (SSSR count). The topological polar surface area (TPSA) is 64.4 Å². The van der Waals surface area contributed by atoms with Gasteiger partial charge in [-0.2, -0.15) is 0 Å². The lowest BCUT2D eigenvalue weighted by atomic mass is 10.00. The molecule has 0 spiro atoms. The van der Waals surface area contributed by atoms with Crippen molar-refractivity contribution in [1.29, 1.82) is 0 Å². The second-order valence-electron chi connectivity index (χ2n) is 8.09. The largest absolute Gasteiger partial charge is 0.461 e. The Hall–Kier alpha value is -2.02. The van der Waals surface area contributed by atoms with Gasteiger partial charge in [0.05, 0.1) is 17.1 Å². The molecule has 2 heterocycles. The maximum atomic E-state index is 12.4. The third-order valence-corrected chi connectivity index (χ3v) is 6.81. The molecule has 0 N–H and O–H groups in total. The Morgan fingerprint density at radius 3 is 2.87 bits per heavy atom. The Labute approximate surface area is 183 Å². The minimum absolute atomic E-state index is 0.0859. The summed E-state index contributed by atoms with van der Waals surface area (Å²) in [5, 5.41) is 0.842. The van der Waals surface area contributed by atoms with Gasteiger partial charge in [-0.25, -0.2) is 4.98 Å². The smallest absolute Gasteiger partial charge is 0.326 e. The van der Waals surface area contributed by atoms with Crippen molar-refractivity contribution in [2.45, 2.75) is 70.7 Å². The second kappa shape index (κ2) is 10.8. The maximum Gasteiger partial charge on any atom is 0.326 e. The summed E-state index contributed by atoms with van der Waals surface area (Å²) >= 11 is 1.68. The van der Waals surface area contributed by atoms with Gasteiger partial charge in [-0.15, -0.1) is 0 Å². The van der Waals surface area contributed by atoms with Crippen LogP contribution >= 0.6 is 11.8 Å². The van der Waals surface area contributed by atoms with Crippen molar-refractivity contribution in [3.8, 4) is 0 Å². The van der Waals surface area contributed by atoms with Crippen LogP contribution in [0.1, 0.15) is 52.9 Å². The number of fused-ring (bicyclic) bond motifs is 1. The minimum Gasteiger partial charge on any atom is -0.461 e. The van der Waals surface area contributed by atoms with Crippen molar-refractivity contribution in [3.63, 3.8) is 0 Å². The molecule has 164 valence electrons. The predicted octanol–water partition coefficient (Wildman–Crippen LogP) is 4.51. The number of aromatic nitrogens is 2. The first-order valence-electron chi connectivity index (χ1n) is 11.1. The molecule has 2 aromatic rings. The van der Waals surface area contributed by atoms with E-state index >= 15 is 0 Å². The van der Waals surface area contributed by atoms with Crippen molar-refractivity contribution in [2.75, 3.05) is 18.8 Å². The summed E-state index contributed by atoms with van der Waals surface area (Å²) in [5.41, 5.74) is 1.84. The Morgan fingerprint density at radius 2 is 2.10 bits per heavy atom. The standard InChI is InChI=1S/C23H33N3O3S/c1-4-9-21(27)25-13-8-10-18(14-25)16-30-23-24-19-11-6-7-12-20(19)26(23)15-22(28)29-17(3)5-2/h6-7,11-12,17-18H,4-5,8-10,13-16H2,1-3H3. The summed E-state index contributed by atoms with van der Waals surface area (Å²) in [4.78, 5) is 31.5. The number of para-hydroxylation sites is 2. The van der Waals surface area contributed by atoms with Crippen LogP contribution in [0.15, 0.2) is 29.4 Å². The fourth-order valence-corrected chi connectivity index (χ4v) is 4.92. The van der Waals surface area contributed by atoms with Crippen LogP contribution in [0.4, 0.5) is 0 Å². The summed E-state index contributed by atoms with van der Waals surface area (Å²) in [6.07, 6.45) is 4.42. The number of rotatable bonds is 9. The van der Waals surface area contributed by atoms with E-state index in [1.54, 1.807) is 11.8 Å². The lowest BCUT2D eigenvalue weighted by Gasteiger charge is -2.32. The lowest BCUT2D eigenvalue weighted by Crippen LogP contribution is -2.40. The average molecular weight is 432 g/mol. The van der Waals surface area contributed by atoms with Gasteiger partial charge in [0, 0.05) is 25.3 Å². The van der Waals surface area contributed by atoms with E-state index in [1.807, 2.05) is 54.5 Å². The van der Waals surface area contributed by atoms with Crippen LogP contribution < -0.4 is 0 Å². The van der Waals surface area contributed by atoms with E-state index in [2.05, 4.69) is 0 Å². The van der Waals surface area contributed by atoms with Gasteiger partial charge in [0.25, 0.3) is 0 Å². The minimum atomic E-state index is -0.233. The highest BCUT2D eigenvalue weighted by Crippen LogP contribution is 2.29. The molecule has 6 nitrogen and oxygen atoms in total. The van der Waals surface area contributed by atoms with E-state index in [0.717, 1.165) is 60.7 Å². The van der Waals surface area contributed by atoms with E-state index in [0.29, 0.717) is 12.3 Å². The fraction of sp³-hybridized carbons (Fsp3) is 0.609. The zero-order chi connectivity index (χ0) is 21.5. The summed E-state index contributed by atoms with van der Waals surface area (Å²) < 4.78 is 7.46. The third-order valence-electron chi connectivity index (χ3n) is 5.60. The number of benzene rings is 1. The van der Waals surface area contributed by atoms with Gasteiger partial charge in [0.15, 0.2) is 5.16 Å². The first-order valence-corrected chi connectivity index (χ1v) is 12.1. The van der Waals surface area contributed by atoms with Crippen LogP contribution in [0.3, 0.4) is 0 Å². The molecule has 1 aromatic carbocycles. The number of thioether (sulfide) groups is 1. The number of imidazole rings is 1. The Morgan fingerprint density at radius 1 is 1.30 bits per heavy atom. The number of carbonyl (C=O) groups is 2. The first-order chi connectivity index (χ1) is 14.5. The van der Waals surface area contributed by atoms with Crippen molar-refractivity contribution < 1.29 is 14.3 Å². The molecule has 1 amide bonds. The normalized spacial score (nSPS) is 17.8. The van der Waals surface area contributed by atoms with Gasteiger partial charge < -0.3 is 14.2 Å². The van der Waals surface area contributed by atoms with Gasteiger partial charge in [0.1, 0.15) is 6.54 Å². The molecule has 1 aliphatic heterocycles. The number of amides is 1. The maximum absolute atomic E-state index is 12.4. The number of carbonyl (C=O) groups excluding carboxylic acids is 2. The molecular weight excluding hydrogens is 398 g/mol. The van der Waals surface area contributed by atoms with Crippen LogP contribution in [-0.2, 0) is 20.9 Å². The van der Waals surface area contributed by atoms with Gasteiger partial charge in [-0.3, -0.25) is 9.59 Å². The molecule has 2 unspecified atom stereocenters. The molecule has 0 radical (unpaired) electrons. The zero-order valence-corrected chi connectivity index (χ0v) is 19.1. The number of hydrogen-bond acceptors (Lipinski definition) is 5. The number of hydrogen-bond donors (Lipinski definition) is 0. The fourth-order valence-electron chi connectivity index (χ4n) is 3.78. The quantitative estimate of drug-likeness (QED) is 0.432. The van der Waals surface area contributed by atoms with Gasteiger partial charge in [0.2, 0.25) is 5.91 Å². The number of likely N-dealkylation sites (tertiary alicyclic amines) is 1. The Kier molecular flexibility index (Phi) is 8.19. The van der Waals surface area contributed by atoms with Crippen molar-refractivity contribution in [1.82, 2.24) is 14.5 Å². The Bertz CT molecular complexity index is 866. The van der Waals surface area contributed by atoms with Crippen molar-refractivity contribution in [3.05, 3.63) is 24.3 Å². The van der Waals surface area contributed by atoms with Gasteiger partial charge in [-0.05, 0) is 50.7 Å². The molecule has 0 aliphatic carbocycles. The van der Waals surface area contributed by atoms with Crippen LogP contribution in [-0.4, -0.2) is 51.3 Å². The molecule has 2 atom stereocenters. The highest BCUT2D eigenvalue weighted by Gasteiger charge is 2.24. The van der Waals surface area contributed by atoms with Crippen molar-refractivity contribution in [2.24, 2.45) is 5.92 Å². The van der Waals surface area contributed by atoms with E-state index in [1.165, 1.54) is 0 Å². The average Bonchev–Trinajstić information content (AvgIpc) is 3.09.